The quantitative estimate of drug-likeness (QED) is 0.197. The lowest BCUT2D eigenvalue weighted by Gasteiger charge is -2.12. The average Bonchev–Trinajstić information content (AvgIpc) is 3.70. The minimum absolute atomic E-state index is 0.575. The van der Waals surface area contributed by atoms with Gasteiger partial charge in [0.25, 0.3) is 0 Å². The van der Waals surface area contributed by atoms with Crippen molar-refractivity contribution in [1.82, 2.24) is 24.5 Å². The lowest BCUT2D eigenvalue weighted by atomic mass is 10.1. The van der Waals surface area contributed by atoms with Gasteiger partial charge in [-0.3, -0.25) is 4.98 Å². The lowest BCUT2D eigenvalue weighted by molar-refractivity contribution is 0.668. The molecule has 48 heavy (non-hydrogen) atoms. The Morgan fingerprint density at radius 3 is 1.85 bits per heavy atom. The van der Waals surface area contributed by atoms with Gasteiger partial charge < -0.3 is 8.98 Å². The summed E-state index contributed by atoms with van der Waals surface area (Å²) in [6, 6.07) is 48.2. The van der Waals surface area contributed by atoms with Crippen LogP contribution in [-0.2, 0) is 0 Å². The Labute approximate surface area is 274 Å². The molecule has 6 nitrogen and oxygen atoms in total. The summed E-state index contributed by atoms with van der Waals surface area (Å²) in [5.74, 6) is 1.78. The monoisotopic (exact) mass is 615 g/mol. The molecular formula is C42H25N5O. The maximum absolute atomic E-state index is 6.21. The van der Waals surface area contributed by atoms with Crippen molar-refractivity contribution in [3.8, 4) is 39.9 Å². The molecular weight excluding hydrogens is 590 g/mol. The number of rotatable bonds is 4. The average molecular weight is 616 g/mol. The molecule has 0 bridgehead atoms. The summed E-state index contributed by atoms with van der Waals surface area (Å²) in [6.45, 7) is 0. The number of nitrogens with zero attached hydrogens (tertiary/aromatic N) is 5. The predicted octanol–water partition coefficient (Wildman–Crippen LogP) is 10.4. The first-order chi connectivity index (χ1) is 23.8. The zero-order valence-electron chi connectivity index (χ0n) is 25.6. The zero-order valence-corrected chi connectivity index (χ0v) is 25.6. The molecule has 0 aliphatic heterocycles. The van der Waals surface area contributed by atoms with E-state index in [0.29, 0.717) is 17.5 Å². The topological polar surface area (TPSA) is 69.6 Å². The Balaban J connectivity index is 1.18. The van der Waals surface area contributed by atoms with Crippen LogP contribution in [0.25, 0.3) is 94.4 Å². The summed E-state index contributed by atoms with van der Waals surface area (Å²) < 4.78 is 8.52. The van der Waals surface area contributed by atoms with Crippen molar-refractivity contribution >= 4 is 54.5 Å². The van der Waals surface area contributed by atoms with Crippen molar-refractivity contribution in [3.63, 3.8) is 0 Å². The van der Waals surface area contributed by atoms with E-state index in [1.165, 1.54) is 16.2 Å². The Hall–Kier alpha value is -6.66. The molecule has 6 heteroatoms. The minimum Gasteiger partial charge on any atom is -0.456 e. The molecule has 0 unspecified atom stereocenters. The van der Waals surface area contributed by atoms with Crippen LogP contribution in [0.15, 0.2) is 156 Å². The summed E-state index contributed by atoms with van der Waals surface area (Å²) >= 11 is 0. The van der Waals surface area contributed by atoms with Crippen molar-refractivity contribution in [2.75, 3.05) is 0 Å². The number of hydrogen-bond acceptors (Lipinski definition) is 5. The first-order valence-electron chi connectivity index (χ1n) is 15.9. The molecule has 0 amide bonds. The highest BCUT2D eigenvalue weighted by Gasteiger charge is 2.17. The van der Waals surface area contributed by atoms with Gasteiger partial charge in [-0.25, -0.2) is 15.0 Å². The van der Waals surface area contributed by atoms with Crippen molar-refractivity contribution < 1.29 is 4.42 Å². The molecule has 10 rings (SSSR count). The summed E-state index contributed by atoms with van der Waals surface area (Å²) in [5.41, 5.74) is 7.57. The molecule has 0 aliphatic rings. The van der Waals surface area contributed by atoms with Gasteiger partial charge in [0.2, 0.25) is 0 Å². The number of pyridine rings is 1. The maximum Gasteiger partial charge on any atom is 0.164 e. The van der Waals surface area contributed by atoms with Gasteiger partial charge in [0.1, 0.15) is 11.2 Å². The van der Waals surface area contributed by atoms with E-state index in [1.807, 2.05) is 24.4 Å². The SMILES string of the molecule is c1cc(-c2nc(-c3ccc4ccccc4c3)nc(-c3ccc4c(c3)oc3ccncc34)n2)cc(-n2c3ccccc3c3ccccc32)c1. The molecule has 0 aliphatic carbocycles. The third-order valence-corrected chi connectivity index (χ3v) is 9.12. The van der Waals surface area contributed by atoms with Crippen LogP contribution in [0.3, 0.4) is 0 Å². The fraction of sp³-hybridized carbons (Fsp3) is 0. The molecule has 0 atom stereocenters. The van der Waals surface area contributed by atoms with Gasteiger partial charge in [-0.15, -0.1) is 0 Å². The lowest BCUT2D eigenvalue weighted by Crippen LogP contribution is -2.01. The molecule has 0 fully saturated rings. The number of fused-ring (bicyclic) bond motifs is 7. The molecule has 0 radical (unpaired) electrons. The largest absolute Gasteiger partial charge is 0.456 e. The molecule has 4 aromatic heterocycles. The van der Waals surface area contributed by atoms with Gasteiger partial charge in [0, 0.05) is 56.3 Å². The van der Waals surface area contributed by atoms with E-state index in [1.54, 1.807) is 6.20 Å². The highest BCUT2D eigenvalue weighted by atomic mass is 16.3. The Morgan fingerprint density at radius 1 is 0.438 bits per heavy atom. The molecule has 10 aromatic rings. The van der Waals surface area contributed by atoms with Crippen LogP contribution in [-0.4, -0.2) is 24.5 Å². The second-order valence-corrected chi connectivity index (χ2v) is 12.0. The first kappa shape index (κ1) is 26.5. The molecule has 0 N–H and O–H groups in total. The van der Waals surface area contributed by atoms with E-state index in [4.69, 9.17) is 19.4 Å². The van der Waals surface area contributed by atoms with E-state index in [2.05, 4.69) is 131 Å². The summed E-state index contributed by atoms with van der Waals surface area (Å²) in [6.07, 6.45) is 3.58. The van der Waals surface area contributed by atoms with Crippen molar-refractivity contribution in [2.45, 2.75) is 0 Å². The Bertz CT molecular complexity index is 2810. The zero-order chi connectivity index (χ0) is 31.6. The van der Waals surface area contributed by atoms with Gasteiger partial charge >= 0.3 is 0 Å². The highest BCUT2D eigenvalue weighted by Crippen LogP contribution is 2.35. The first-order valence-corrected chi connectivity index (χ1v) is 15.9. The third kappa shape index (κ3) is 4.20. The second kappa shape index (κ2) is 10.4. The number of aromatic nitrogens is 5. The summed E-state index contributed by atoms with van der Waals surface area (Å²) in [5, 5.41) is 6.72. The molecule has 0 spiro atoms. The second-order valence-electron chi connectivity index (χ2n) is 12.0. The van der Waals surface area contributed by atoms with Crippen LogP contribution in [0, 0.1) is 0 Å². The van der Waals surface area contributed by atoms with Gasteiger partial charge in [-0.05, 0) is 59.3 Å². The van der Waals surface area contributed by atoms with E-state index in [0.717, 1.165) is 60.7 Å². The molecule has 0 saturated heterocycles. The van der Waals surface area contributed by atoms with Crippen molar-refractivity contribution in [3.05, 3.63) is 152 Å². The van der Waals surface area contributed by atoms with E-state index < -0.39 is 0 Å². The fourth-order valence-electron chi connectivity index (χ4n) is 6.84. The Kier molecular flexibility index (Phi) is 5.77. The van der Waals surface area contributed by atoms with Crippen LogP contribution in [0.5, 0.6) is 0 Å². The Morgan fingerprint density at radius 2 is 1.08 bits per heavy atom. The molecule has 4 heterocycles. The van der Waals surface area contributed by atoms with Crippen LogP contribution < -0.4 is 0 Å². The van der Waals surface area contributed by atoms with Crippen LogP contribution in [0.1, 0.15) is 0 Å². The van der Waals surface area contributed by atoms with Gasteiger partial charge in [0.05, 0.1) is 11.0 Å². The van der Waals surface area contributed by atoms with E-state index >= 15 is 0 Å². The number of hydrogen-bond donors (Lipinski definition) is 0. The highest BCUT2D eigenvalue weighted by molar-refractivity contribution is 6.09. The van der Waals surface area contributed by atoms with Crippen molar-refractivity contribution in [1.29, 1.82) is 0 Å². The number of benzene rings is 6. The molecule has 6 aromatic carbocycles. The van der Waals surface area contributed by atoms with Crippen LogP contribution >= 0.6 is 0 Å². The van der Waals surface area contributed by atoms with E-state index in [-0.39, 0.29) is 0 Å². The summed E-state index contributed by atoms with van der Waals surface area (Å²) in [4.78, 5) is 19.5. The maximum atomic E-state index is 6.21. The van der Waals surface area contributed by atoms with E-state index in [9.17, 15) is 0 Å². The fourth-order valence-corrected chi connectivity index (χ4v) is 6.84. The van der Waals surface area contributed by atoms with Crippen molar-refractivity contribution in [2.24, 2.45) is 0 Å². The smallest absolute Gasteiger partial charge is 0.164 e. The third-order valence-electron chi connectivity index (χ3n) is 9.12. The predicted molar refractivity (Wildman–Crippen MR) is 193 cm³/mol. The number of furan rings is 1. The molecule has 224 valence electrons. The summed E-state index contributed by atoms with van der Waals surface area (Å²) in [7, 11) is 0. The van der Waals surface area contributed by atoms with Gasteiger partial charge in [-0.2, -0.15) is 0 Å². The van der Waals surface area contributed by atoms with Gasteiger partial charge in [0.15, 0.2) is 17.5 Å². The molecule has 0 saturated carbocycles. The number of para-hydroxylation sites is 2. The standard InChI is InChI=1S/C42H25N5O/c1-2-9-27-22-29(17-16-26(27)8-1)41-44-40(45-42(46-41)30-18-19-34-35-25-43-21-20-38(35)48-39(34)24-30)28-10-7-11-31(23-28)47-36-14-5-3-12-32(36)33-13-4-6-15-37(33)47/h1-25H. The van der Waals surface area contributed by atoms with Crippen LogP contribution in [0.4, 0.5) is 0 Å². The van der Waals surface area contributed by atoms with Crippen LogP contribution in [0.2, 0.25) is 0 Å². The normalized spacial score (nSPS) is 11.8. The van der Waals surface area contributed by atoms with Gasteiger partial charge in [-0.1, -0.05) is 91.0 Å². The minimum atomic E-state index is 0.575.